The summed E-state index contributed by atoms with van der Waals surface area (Å²) >= 11 is 0. The minimum absolute atomic E-state index is 0.0150. The fourth-order valence-corrected chi connectivity index (χ4v) is 3.36. The minimum Gasteiger partial charge on any atom is -0.298 e. The quantitative estimate of drug-likeness (QED) is 0.681. The molecule has 1 aromatic carbocycles. The smallest absolute Gasteiger partial charge is 0.244 e. The number of benzene rings is 1. The fraction of sp³-hybridized carbons (Fsp3) is 0.471. The molecule has 0 radical (unpaired) electrons. The summed E-state index contributed by atoms with van der Waals surface area (Å²) in [6.45, 7) is 5.82. The number of ketones is 2. The first kappa shape index (κ1) is 16.4. The molecule has 118 valence electrons. The van der Waals surface area contributed by atoms with Gasteiger partial charge in [-0.1, -0.05) is 17.7 Å². The molecule has 2 atom stereocenters. The Bertz CT molecular complexity index is 613. The van der Waals surface area contributed by atoms with Crippen molar-refractivity contribution in [2.24, 2.45) is 5.92 Å². The zero-order valence-electron chi connectivity index (χ0n) is 13.4. The fourth-order valence-electron chi connectivity index (χ4n) is 3.36. The second kappa shape index (κ2) is 6.40. The molecular weight excluding hydrogens is 282 g/mol. The molecule has 5 heteroatoms. The minimum atomic E-state index is -0.735. The maximum absolute atomic E-state index is 12.6. The predicted octanol–water partition coefficient (Wildman–Crippen LogP) is 1.92. The van der Waals surface area contributed by atoms with Gasteiger partial charge in [-0.05, 0) is 37.5 Å². The van der Waals surface area contributed by atoms with Crippen LogP contribution in [0.5, 0.6) is 0 Å². The summed E-state index contributed by atoms with van der Waals surface area (Å²) in [5, 5.41) is 0. The van der Waals surface area contributed by atoms with E-state index >= 15 is 0 Å². The van der Waals surface area contributed by atoms with Gasteiger partial charge in [-0.15, -0.1) is 0 Å². The molecule has 2 unspecified atom stereocenters. The highest BCUT2D eigenvalue weighted by atomic mass is 16.6. The van der Waals surface area contributed by atoms with Gasteiger partial charge in [-0.2, -0.15) is 0 Å². The number of aryl methyl sites for hydroxylation is 3. The van der Waals surface area contributed by atoms with Crippen LogP contribution >= 0.6 is 0 Å². The topological polar surface area (TPSA) is 72.5 Å². The van der Waals surface area contributed by atoms with E-state index in [1.807, 2.05) is 32.9 Å². The van der Waals surface area contributed by atoms with Gasteiger partial charge in [0, 0.05) is 18.8 Å². The first-order valence-electron chi connectivity index (χ1n) is 7.31. The van der Waals surface area contributed by atoms with Gasteiger partial charge in [0.1, 0.15) is 11.7 Å². The number of hydroxylamine groups is 1. The molecule has 2 rings (SSSR count). The summed E-state index contributed by atoms with van der Waals surface area (Å²) in [5.41, 5.74) is 6.00. The van der Waals surface area contributed by atoms with Gasteiger partial charge in [0.15, 0.2) is 5.78 Å². The molecule has 0 aliphatic heterocycles. The molecule has 1 saturated carbocycles. The van der Waals surface area contributed by atoms with Gasteiger partial charge in [0.05, 0.1) is 7.11 Å². The lowest BCUT2D eigenvalue weighted by Gasteiger charge is -2.16. The average molecular weight is 303 g/mol. The lowest BCUT2D eigenvalue weighted by Crippen LogP contribution is -2.26. The van der Waals surface area contributed by atoms with Crippen LogP contribution in [0.2, 0.25) is 0 Å². The third-order valence-electron chi connectivity index (χ3n) is 4.13. The Kier molecular flexibility index (Phi) is 4.76. The van der Waals surface area contributed by atoms with Crippen LogP contribution in [-0.4, -0.2) is 24.6 Å². The van der Waals surface area contributed by atoms with E-state index in [4.69, 9.17) is 0 Å². The lowest BCUT2D eigenvalue weighted by atomic mass is 9.86. The van der Waals surface area contributed by atoms with Gasteiger partial charge in [0.2, 0.25) is 5.91 Å². The van der Waals surface area contributed by atoms with Crippen molar-refractivity contribution in [2.45, 2.75) is 39.5 Å². The number of amides is 1. The Morgan fingerprint density at radius 1 is 1.23 bits per heavy atom. The van der Waals surface area contributed by atoms with E-state index in [1.54, 1.807) is 0 Å². The van der Waals surface area contributed by atoms with E-state index < -0.39 is 11.8 Å². The maximum Gasteiger partial charge on any atom is 0.244 e. The van der Waals surface area contributed by atoms with E-state index in [9.17, 15) is 14.4 Å². The molecule has 1 amide bonds. The van der Waals surface area contributed by atoms with Crippen LogP contribution in [0.3, 0.4) is 0 Å². The van der Waals surface area contributed by atoms with Crippen molar-refractivity contribution in [3.05, 3.63) is 34.4 Å². The molecule has 1 fully saturated rings. The van der Waals surface area contributed by atoms with Crippen molar-refractivity contribution in [2.75, 3.05) is 7.11 Å². The third kappa shape index (κ3) is 3.09. The average Bonchev–Trinajstić information content (AvgIpc) is 2.65. The first-order valence-corrected chi connectivity index (χ1v) is 7.31. The Balaban J connectivity index is 2.28. The van der Waals surface area contributed by atoms with Gasteiger partial charge in [-0.3, -0.25) is 19.2 Å². The zero-order chi connectivity index (χ0) is 16.4. The van der Waals surface area contributed by atoms with E-state index in [2.05, 4.69) is 10.3 Å². The van der Waals surface area contributed by atoms with Crippen molar-refractivity contribution in [3.8, 4) is 0 Å². The highest BCUT2D eigenvalue weighted by Gasteiger charge is 2.43. The molecular formula is C17H21NO4. The van der Waals surface area contributed by atoms with Gasteiger partial charge in [0.25, 0.3) is 0 Å². The Morgan fingerprint density at radius 3 is 2.36 bits per heavy atom. The van der Waals surface area contributed by atoms with Crippen LogP contribution in [0.4, 0.5) is 0 Å². The van der Waals surface area contributed by atoms with Crippen molar-refractivity contribution in [1.82, 2.24) is 5.48 Å². The number of nitrogens with one attached hydrogen (secondary N) is 1. The molecule has 0 heterocycles. The second-order valence-corrected chi connectivity index (χ2v) is 5.95. The highest BCUT2D eigenvalue weighted by Crippen LogP contribution is 2.37. The molecule has 1 aliphatic rings. The standard InChI is InChI=1S/C17H21NO4/c1-9-5-10(2)15(11(3)6-9)16-13(19)7-12(17(16)21)8-14(20)18-22-4/h5-6,12,16H,7-8H2,1-4H3,(H,18,20). The summed E-state index contributed by atoms with van der Waals surface area (Å²) in [4.78, 5) is 41.1. The molecule has 1 aromatic rings. The highest BCUT2D eigenvalue weighted by molar-refractivity contribution is 6.15. The Hall–Kier alpha value is -2.01. The summed E-state index contributed by atoms with van der Waals surface area (Å²) in [7, 11) is 1.33. The van der Waals surface area contributed by atoms with E-state index in [0.29, 0.717) is 0 Å². The predicted molar refractivity (Wildman–Crippen MR) is 81.3 cm³/mol. The lowest BCUT2D eigenvalue weighted by molar-refractivity contribution is -0.135. The van der Waals surface area contributed by atoms with Crippen molar-refractivity contribution in [3.63, 3.8) is 0 Å². The Labute approximate surface area is 130 Å². The van der Waals surface area contributed by atoms with E-state index in [1.165, 1.54) is 7.11 Å². The summed E-state index contributed by atoms with van der Waals surface area (Å²) < 4.78 is 0. The maximum atomic E-state index is 12.6. The van der Waals surface area contributed by atoms with Gasteiger partial charge in [-0.25, -0.2) is 5.48 Å². The zero-order valence-corrected chi connectivity index (χ0v) is 13.4. The number of Topliss-reactive ketones (excluding diaryl/α,β-unsaturated/α-hetero) is 2. The third-order valence-corrected chi connectivity index (χ3v) is 4.13. The monoisotopic (exact) mass is 303 g/mol. The van der Waals surface area contributed by atoms with Crippen LogP contribution in [0.1, 0.15) is 41.0 Å². The van der Waals surface area contributed by atoms with Crippen molar-refractivity contribution < 1.29 is 19.2 Å². The molecule has 0 aromatic heterocycles. The van der Waals surface area contributed by atoms with Crippen molar-refractivity contribution >= 4 is 17.5 Å². The molecule has 1 aliphatic carbocycles. The number of carbonyl (C=O) groups is 3. The molecule has 1 N–H and O–H groups in total. The SMILES string of the molecule is CONC(=O)CC1CC(=O)C(c2c(C)cc(C)cc2C)C1=O. The van der Waals surface area contributed by atoms with E-state index in [-0.39, 0.29) is 30.3 Å². The van der Waals surface area contributed by atoms with Crippen LogP contribution < -0.4 is 5.48 Å². The molecule has 0 saturated heterocycles. The van der Waals surface area contributed by atoms with Crippen LogP contribution in [0.15, 0.2) is 12.1 Å². The normalized spacial score (nSPS) is 21.3. The second-order valence-electron chi connectivity index (χ2n) is 5.95. The molecule has 22 heavy (non-hydrogen) atoms. The molecule has 0 spiro atoms. The van der Waals surface area contributed by atoms with Crippen LogP contribution in [0, 0.1) is 26.7 Å². The number of rotatable bonds is 4. The van der Waals surface area contributed by atoms with E-state index in [0.717, 1.165) is 22.3 Å². The summed E-state index contributed by atoms with van der Waals surface area (Å²) in [5.74, 6) is -1.94. The number of carbonyl (C=O) groups excluding carboxylic acids is 3. The van der Waals surface area contributed by atoms with Crippen LogP contribution in [0.25, 0.3) is 0 Å². The summed E-state index contributed by atoms with van der Waals surface area (Å²) in [6.07, 6.45) is 0.103. The van der Waals surface area contributed by atoms with Gasteiger partial charge < -0.3 is 0 Å². The largest absolute Gasteiger partial charge is 0.298 e. The van der Waals surface area contributed by atoms with Gasteiger partial charge >= 0.3 is 0 Å². The summed E-state index contributed by atoms with van der Waals surface area (Å²) in [6, 6.07) is 3.96. The Morgan fingerprint density at radius 2 is 1.82 bits per heavy atom. The molecule has 0 bridgehead atoms. The number of hydrogen-bond donors (Lipinski definition) is 1. The first-order chi connectivity index (χ1) is 10.3. The van der Waals surface area contributed by atoms with Crippen molar-refractivity contribution in [1.29, 1.82) is 0 Å². The molecule has 5 nitrogen and oxygen atoms in total. The number of hydrogen-bond acceptors (Lipinski definition) is 4. The van der Waals surface area contributed by atoms with Crippen LogP contribution in [-0.2, 0) is 19.2 Å².